The van der Waals surface area contributed by atoms with Crippen molar-refractivity contribution in [1.82, 2.24) is 9.13 Å². The fraction of sp³-hybridized carbons (Fsp3) is 0.0556. The summed E-state index contributed by atoms with van der Waals surface area (Å²) >= 11 is 0. The van der Waals surface area contributed by atoms with E-state index in [9.17, 15) is 0 Å². The van der Waals surface area contributed by atoms with Crippen LogP contribution in [0.4, 0.5) is 0 Å². The van der Waals surface area contributed by atoms with Crippen LogP contribution < -0.4 is 10.6 Å². The SMILES string of the molecule is C/C=c1\c(=C/C)n(-c2ccc(-c3ccc(-n4c5ccccc5c5ccccc54)cc3)cc2)c2ccccc12. The maximum atomic E-state index is 2.36. The van der Waals surface area contributed by atoms with E-state index in [1.807, 2.05) is 0 Å². The molecule has 0 aliphatic carbocycles. The van der Waals surface area contributed by atoms with Crippen molar-refractivity contribution in [2.45, 2.75) is 13.8 Å². The number of nitrogens with zero attached hydrogens (tertiary/aromatic N) is 2. The van der Waals surface area contributed by atoms with Gasteiger partial charge in [-0.15, -0.1) is 0 Å². The van der Waals surface area contributed by atoms with Gasteiger partial charge in [-0.25, -0.2) is 0 Å². The fourth-order valence-electron chi connectivity index (χ4n) is 5.96. The Morgan fingerprint density at radius 2 is 0.842 bits per heavy atom. The lowest BCUT2D eigenvalue weighted by Crippen LogP contribution is -2.27. The highest BCUT2D eigenvalue weighted by molar-refractivity contribution is 6.09. The van der Waals surface area contributed by atoms with E-state index < -0.39 is 0 Å². The molecule has 0 amide bonds. The summed E-state index contributed by atoms with van der Waals surface area (Å²) in [6, 6.07) is 43.8. The second-order valence-electron chi connectivity index (χ2n) is 9.69. The van der Waals surface area contributed by atoms with Crippen LogP contribution in [0.25, 0.3) is 67.4 Å². The Morgan fingerprint density at radius 1 is 0.421 bits per heavy atom. The largest absolute Gasteiger partial charge is 0.310 e. The van der Waals surface area contributed by atoms with Gasteiger partial charge in [0.1, 0.15) is 0 Å². The average molecular weight is 489 g/mol. The zero-order valence-electron chi connectivity index (χ0n) is 21.6. The molecule has 0 saturated carbocycles. The Bertz CT molecular complexity index is 2020. The van der Waals surface area contributed by atoms with E-state index in [0.717, 1.165) is 0 Å². The molecule has 7 aromatic rings. The molecule has 0 saturated heterocycles. The number of hydrogen-bond donors (Lipinski definition) is 0. The van der Waals surface area contributed by atoms with Crippen molar-refractivity contribution in [2.24, 2.45) is 0 Å². The molecule has 0 bridgehead atoms. The van der Waals surface area contributed by atoms with Crippen molar-refractivity contribution in [3.8, 4) is 22.5 Å². The van der Waals surface area contributed by atoms with E-state index in [4.69, 9.17) is 0 Å². The monoisotopic (exact) mass is 488 g/mol. The minimum Gasteiger partial charge on any atom is -0.310 e. The molecule has 0 aliphatic heterocycles. The lowest BCUT2D eigenvalue weighted by atomic mass is 10.0. The van der Waals surface area contributed by atoms with Crippen LogP contribution in [0.1, 0.15) is 13.8 Å². The number of rotatable bonds is 3. The van der Waals surface area contributed by atoms with E-state index in [2.05, 4.69) is 156 Å². The first-order valence-corrected chi connectivity index (χ1v) is 13.2. The Kier molecular flexibility index (Phi) is 5.26. The molecule has 2 aromatic heterocycles. The quantitative estimate of drug-likeness (QED) is 0.238. The highest BCUT2D eigenvalue weighted by Crippen LogP contribution is 2.32. The Hall–Kier alpha value is -4.82. The normalized spacial score (nSPS) is 12.8. The summed E-state index contributed by atoms with van der Waals surface area (Å²) in [7, 11) is 0. The predicted octanol–water partition coefficient (Wildman–Crippen LogP) is 8.00. The van der Waals surface area contributed by atoms with Crippen molar-refractivity contribution in [3.05, 3.63) is 132 Å². The molecule has 0 atom stereocenters. The van der Waals surface area contributed by atoms with Crippen LogP contribution in [0.15, 0.2) is 121 Å². The van der Waals surface area contributed by atoms with Gasteiger partial charge in [-0.3, -0.25) is 0 Å². The fourth-order valence-corrected chi connectivity index (χ4v) is 5.96. The zero-order valence-corrected chi connectivity index (χ0v) is 21.6. The summed E-state index contributed by atoms with van der Waals surface area (Å²) < 4.78 is 4.72. The van der Waals surface area contributed by atoms with Crippen LogP contribution >= 0.6 is 0 Å². The zero-order chi connectivity index (χ0) is 25.6. The minimum absolute atomic E-state index is 1.17. The Labute approximate surface area is 222 Å². The van der Waals surface area contributed by atoms with Crippen molar-refractivity contribution in [1.29, 1.82) is 0 Å². The second kappa shape index (κ2) is 8.93. The molecular weight excluding hydrogens is 460 g/mol. The van der Waals surface area contributed by atoms with Gasteiger partial charge in [0.05, 0.1) is 16.6 Å². The van der Waals surface area contributed by atoms with Gasteiger partial charge in [0.25, 0.3) is 0 Å². The van der Waals surface area contributed by atoms with E-state index in [1.54, 1.807) is 0 Å². The van der Waals surface area contributed by atoms with Gasteiger partial charge >= 0.3 is 0 Å². The summed E-state index contributed by atoms with van der Waals surface area (Å²) in [5.41, 5.74) is 8.47. The molecule has 7 rings (SSSR count). The molecule has 182 valence electrons. The van der Waals surface area contributed by atoms with E-state index in [1.165, 1.54) is 65.8 Å². The van der Waals surface area contributed by atoms with Crippen molar-refractivity contribution in [2.75, 3.05) is 0 Å². The average Bonchev–Trinajstić information content (AvgIpc) is 3.50. The standard InChI is InChI=1S/C36H28N2/c1-3-29-30-11-5-8-14-34(30)37(33(29)4-2)27-21-17-25(18-22-27)26-19-23-28(24-20-26)38-35-15-9-6-12-31(35)32-13-7-10-16-36(32)38/h3-24H,1-2H3/b29-3-,33-4+. The van der Waals surface area contributed by atoms with Crippen LogP contribution in [-0.2, 0) is 0 Å². The first-order chi connectivity index (χ1) is 18.8. The third-order valence-electron chi connectivity index (χ3n) is 7.68. The molecule has 0 unspecified atom stereocenters. The molecule has 0 fully saturated rings. The minimum atomic E-state index is 1.17. The molecule has 0 spiro atoms. The number of para-hydroxylation sites is 3. The molecule has 0 radical (unpaired) electrons. The summed E-state index contributed by atoms with van der Waals surface area (Å²) in [5.74, 6) is 0. The summed E-state index contributed by atoms with van der Waals surface area (Å²) in [4.78, 5) is 0. The van der Waals surface area contributed by atoms with Crippen LogP contribution in [0.2, 0.25) is 0 Å². The van der Waals surface area contributed by atoms with Crippen LogP contribution in [0, 0.1) is 0 Å². The van der Waals surface area contributed by atoms with Gasteiger partial charge in [0.2, 0.25) is 0 Å². The van der Waals surface area contributed by atoms with Crippen molar-refractivity contribution < 1.29 is 0 Å². The number of benzene rings is 5. The van der Waals surface area contributed by atoms with Crippen molar-refractivity contribution >= 4 is 44.9 Å². The predicted molar refractivity (Wildman–Crippen MR) is 163 cm³/mol. The van der Waals surface area contributed by atoms with E-state index in [-0.39, 0.29) is 0 Å². The smallest absolute Gasteiger partial charge is 0.0541 e. The summed E-state index contributed by atoms with van der Waals surface area (Å²) in [6.07, 6.45) is 4.41. The third-order valence-corrected chi connectivity index (χ3v) is 7.68. The van der Waals surface area contributed by atoms with Gasteiger partial charge in [-0.1, -0.05) is 91.0 Å². The molecule has 5 aromatic carbocycles. The Morgan fingerprint density at radius 3 is 1.32 bits per heavy atom. The second-order valence-corrected chi connectivity index (χ2v) is 9.69. The molecule has 2 heterocycles. The van der Waals surface area contributed by atoms with Gasteiger partial charge in [0, 0.05) is 38.1 Å². The lowest BCUT2D eigenvalue weighted by Gasteiger charge is -2.11. The molecular formula is C36H28N2. The van der Waals surface area contributed by atoms with E-state index >= 15 is 0 Å². The van der Waals surface area contributed by atoms with Crippen LogP contribution in [-0.4, -0.2) is 9.13 Å². The number of aromatic nitrogens is 2. The first-order valence-electron chi connectivity index (χ1n) is 13.2. The maximum absolute atomic E-state index is 2.36. The topological polar surface area (TPSA) is 9.86 Å². The summed E-state index contributed by atoms with van der Waals surface area (Å²) in [5, 5.41) is 6.37. The number of fused-ring (bicyclic) bond motifs is 4. The van der Waals surface area contributed by atoms with Gasteiger partial charge in [-0.05, 0) is 67.4 Å². The first kappa shape index (κ1) is 22.4. The highest BCUT2D eigenvalue weighted by atomic mass is 15.0. The lowest BCUT2D eigenvalue weighted by molar-refractivity contribution is 1.07. The molecule has 0 N–H and O–H groups in total. The van der Waals surface area contributed by atoms with Gasteiger partial charge < -0.3 is 9.13 Å². The third kappa shape index (κ3) is 3.34. The van der Waals surface area contributed by atoms with Crippen molar-refractivity contribution in [3.63, 3.8) is 0 Å². The highest BCUT2D eigenvalue weighted by Gasteiger charge is 2.12. The molecule has 2 heteroatoms. The maximum Gasteiger partial charge on any atom is 0.0541 e. The summed E-state index contributed by atoms with van der Waals surface area (Å²) in [6.45, 7) is 4.23. The number of hydrogen-bond acceptors (Lipinski definition) is 0. The van der Waals surface area contributed by atoms with Crippen LogP contribution in [0.3, 0.4) is 0 Å². The van der Waals surface area contributed by atoms with Crippen LogP contribution in [0.5, 0.6) is 0 Å². The van der Waals surface area contributed by atoms with Gasteiger partial charge in [0.15, 0.2) is 0 Å². The van der Waals surface area contributed by atoms with E-state index in [0.29, 0.717) is 0 Å². The van der Waals surface area contributed by atoms with Gasteiger partial charge in [-0.2, -0.15) is 0 Å². The Balaban J connectivity index is 1.29. The molecule has 2 nitrogen and oxygen atoms in total. The molecule has 0 aliphatic rings. The molecule has 38 heavy (non-hydrogen) atoms.